The molecule has 366 valence electrons. The van der Waals surface area contributed by atoms with Crippen LogP contribution in [0.3, 0.4) is 0 Å². The highest BCUT2D eigenvalue weighted by atomic mass is 15.1. The molecule has 2 nitrogen and oxygen atoms in total. The number of para-hydroxylation sites is 2. The first kappa shape index (κ1) is 46.3. The molecule has 14 aromatic rings. The van der Waals surface area contributed by atoms with Crippen LogP contribution in [-0.4, -0.2) is 4.57 Å². The van der Waals surface area contributed by atoms with Gasteiger partial charge >= 0.3 is 0 Å². The molecule has 0 unspecified atom stereocenters. The van der Waals surface area contributed by atoms with Crippen LogP contribution in [-0.2, 0) is 0 Å². The molecule has 0 saturated carbocycles. The number of benzene rings is 13. The van der Waals surface area contributed by atoms with Gasteiger partial charge in [0.15, 0.2) is 0 Å². The number of fused-ring (bicyclic) bond motifs is 4. The lowest BCUT2D eigenvalue weighted by molar-refractivity contribution is 1.18. The van der Waals surface area contributed by atoms with Gasteiger partial charge in [-0.25, -0.2) is 0 Å². The zero-order valence-corrected chi connectivity index (χ0v) is 42.9. The number of rotatable bonds is 11. The van der Waals surface area contributed by atoms with Crippen molar-refractivity contribution in [3.63, 3.8) is 0 Å². The second-order valence-electron chi connectivity index (χ2n) is 20.1. The molecule has 0 saturated heterocycles. The topological polar surface area (TPSA) is 8.17 Å². The fourth-order valence-corrected chi connectivity index (χ4v) is 11.6. The van der Waals surface area contributed by atoms with E-state index in [1.54, 1.807) is 0 Å². The predicted molar refractivity (Wildman–Crippen MR) is 331 cm³/mol. The average molecular weight is 993 g/mol. The molecule has 0 aliphatic heterocycles. The van der Waals surface area contributed by atoms with Gasteiger partial charge in [-0.2, -0.15) is 0 Å². The Balaban J connectivity index is 0.848. The molecule has 0 aliphatic rings. The first-order valence-corrected chi connectivity index (χ1v) is 26.8. The summed E-state index contributed by atoms with van der Waals surface area (Å²) in [7, 11) is 0. The second kappa shape index (κ2) is 20.1. The van der Waals surface area contributed by atoms with E-state index in [9.17, 15) is 0 Å². The molecule has 0 amide bonds. The molecule has 1 heterocycles. The minimum absolute atomic E-state index is 1.09. The van der Waals surface area contributed by atoms with Gasteiger partial charge in [-0.15, -0.1) is 0 Å². The molecule has 13 aromatic carbocycles. The Labute approximate surface area is 455 Å². The quantitative estimate of drug-likeness (QED) is 0.125. The third-order valence-electron chi connectivity index (χ3n) is 15.4. The minimum Gasteiger partial charge on any atom is -0.310 e. The molecule has 0 N–H and O–H groups in total. The fraction of sp³-hybridized carbons (Fsp3) is 0. The largest absolute Gasteiger partial charge is 0.310 e. The highest BCUT2D eigenvalue weighted by Gasteiger charge is 2.19. The Hall–Kier alpha value is -10.3. The number of hydrogen-bond acceptors (Lipinski definition) is 1. The van der Waals surface area contributed by atoms with Crippen molar-refractivity contribution in [1.29, 1.82) is 0 Å². The van der Waals surface area contributed by atoms with Crippen LogP contribution < -0.4 is 4.90 Å². The van der Waals surface area contributed by atoms with Crippen LogP contribution in [0.5, 0.6) is 0 Å². The van der Waals surface area contributed by atoms with E-state index in [4.69, 9.17) is 0 Å². The van der Waals surface area contributed by atoms with Crippen LogP contribution in [0.25, 0.3) is 116 Å². The summed E-state index contributed by atoms with van der Waals surface area (Å²) in [6, 6.07) is 115. The van der Waals surface area contributed by atoms with E-state index in [1.807, 2.05) is 0 Å². The van der Waals surface area contributed by atoms with Gasteiger partial charge < -0.3 is 9.47 Å². The van der Waals surface area contributed by atoms with Crippen molar-refractivity contribution < 1.29 is 0 Å². The summed E-state index contributed by atoms with van der Waals surface area (Å²) in [5.74, 6) is 0. The zero-order valence-electron chi connectivity index (χ0n) is 42.9. The summed E-state index contributed by atoms with van der Waals surface area (Å²) in [4.78, 5) is 2.36. The highest BCUT2D eigenvalue weighted by Crippen LogP contribution is 2.43. The zero-order chi connectivity index (χ0) is 51.8. The van der Waals surface area contributed by atoms with E-state index < -0.39 is 0 Å². The first-order chi connectivity index (χ1) is 38.7. The highest BCUT2D eigenvalue weighted by molar-refractivity contribution is 6.11. The maximum atomic E-state index is 2.46. The van der Waals surface area contributed by atoms with Crippen LogP contribution in [0.1, 0.15) is 0 Å². The maximum Gasteiger partial charge on any atom is 0.0541 e. The van der Waals surface area contributed by atoms with Crippen LogP contribution in [0.2, 0.25) is 0 Å². The molecule has 0 spiro atoms. The SMILES string of the molecule is c1ccc(-c2ccc(-c3ccc(N(c4ccccc4)c4cccc(-c5ccccc5-c5ccc6c(c5)c5ccccc5n6-c5cc(-c6ccc(-c7ccccc7)cc6)cc(-c6cccc7ccccc67)c5)c4)cc3)cc2)cc1. The third-order valence-corrected chi connectivity index (χ3v) is 15.4. The number of aromatic nitrogens is 1. The minimum atomic E-state index is 1.09. The molecule has 1 aromatic heterocycles. The molecule has 0 fully saturated rings. The van der Waals surface area contributed by atoms with E-state index in [0.717, 1.165) is 33.8 Å². The Bertz CT molecular complexity index is 4440. The molecule has 0 aliphatic carbocycles. The summed E-state index contributed by atoms with van der Waals surface area (Å²) in [5.41, 5.74) is 23.4. The lowest BCUT2D eigenvalue weighted by atomic mass is 9.93. The van der Waals surface area contributed by atoms with Gasteiger partial charge in [0.2, 0.25) is 0 Å². The smallest absolute Gasteiger partial charge is 0.0541 e. The van der Waals surface area contributed by atoms with Gasteiger partial charge in [-0.1, -0.05) is 243 Å². The summed E-state index contributed by atoms with van der Waals surface area (Å²) < 4.78 is 2.46. The van der Waals surface area contributed by atoms with Crippen LogP contribution in [0.15, 0.2) is 315 Å². The van der Waals surface area contributed by atoms with Crippen LogP contribution in [0.4, 0.5) is 17.1 Å². The molecule has 0 radical (unpaired) electrons. The Kier molecular flexibility index (Phi) is 11.9. The molecular formula is C76H52N2. The van der Waals surface area contributed by atoms with E-state index >= 15 is 0 Å². The number of anilines is 3. The molecular weight excluding hydrogens is 941 g/mol. The van der Waals surface area contributed by atoms with E-state index in [0.29, 0.717) is 0 Å². The monoisotopic (exact) mass is 992 g/mol. The van der Waals surface area contributed by atoms with Gasteiger partial charge in [0.1, 0.15) is 0 Å². The summed E-state index contributed by atoms with van der Waals surface area (Å²) in [6.07, 6.45) is 0. The van der Waals surface area contributed by atoms with Gasteiger partial charge in [-0.3, -0.25) is 0 Å². The van der Waals surface area contributed by atoms with Crippen molar-refractivity contribution in [3.05, 3.63) is 315 Å². The lowest BCUT2D eigenvalue weighted by Gasteiger charge is -2.26. The van der Waals surface area contributed by atoms with Gasteiger partial charge in [0.25, 0.3) is 0 Å². The summed E-state index contributed by atoms with van der Waals surface area (Å²) in [5, 5.41) is 4.89. The van der Waals surface area contributed by atoms with Crippen molar-refractivity contribution in [3.8, 4) is 83.6 Å². The van der Waals surface area contributed by atoms with Crippen molar-refractivity contribution in [2.75, 3.05) is 4.90 Å². The Morgan fingerprint density at radius 2 is 0.615 bits per heavy atom. The van der Waals surface area contributed by atoms with Gasteiger partial charge in [0.05, 0.1) is 11.0 Å². The van der Waals surface area contributed by atoms with Crippen molar-refractivity contribution in [1.82, 2.24) is 4.57 Å². The van der Waals surface area contributed by atoms with Crippen LogP contribution in [0, 0.1) is 0 Å². The maximum absolute atomic E-state index is 2.46. The Morgan fingerprint density at radius 1 is 0.205 bits per heavy atom. The molecule has 0 atom stereocenters. The van der Waals surface area contributed by atoms with E-state index in [-0.39, 0.29) is 0 Å². The summed E-state index contributed by atoms with van der Waals surface area (Å²) in [6.45, 7) is 0. The van der Waals surface area contributed by atoms with Gasteiger partial charge in [-0.05, 0) is 161 Å². The Morgan fingerprint density at radius 3 is 1.27 bits per heavy atom. The third kappa shape index (κ3) is 8.72. The standard InChI is InChI=1S/C76H52N2/c1-4-18-53(19-5-1)55-34-36-57(37-35-55)58-42-45-66(46-43-58)77(65-25-8-3-9-26-65)67-27-16-24-61(49-67)70-29-12-13-30-71(70)62-44-47-76-74(52-62)73-31-14-15-33-75(73)78(76)68-50-63(59-40-38-56(39-41-59)54-20-6-2-7-21-54)48-64(51-68)72-32-17-23-60-22-10-11-28-69(60)72/h1-52H. The number of hydrogen-bond donors (Lipinski definition) is 0. The molecule has 2 heteroatoms. The van der Waals surface area contributed by atoms with Gasteiger partial charge in [0, 0.05) is 33.5 Å². The number of nitrogens with zero attached hydrogens (tertiary/aromatic N) is 2. The second-order valence-corrected chi connectivity index (χ2v) is 20.1. The van der Waals surface area contributed by atoms with Crippen molar-refractivity contribution in [2.24, 2.45) is 0 Å². The first-order valence-electron chi connectivity index (χ1n) is 26.8. The summed E-state index contributed by atoms with van der Waals surface area (Å²) >= 11 is 0. The van der Waals surface area contributed by atoms with E-state index in [1.165, 1.54) is 99.4 Å². The predicted octanol–water partition coefficient (Wildman–Crippen LogP) is 21.1. The fourth-order valence-electron chi connectivity index (χ4n) is 11.6. The van der Waals surface area contributed by atoms with E-state index in [2.05, 4.69) is 325 Å². The average Bonchev–Trinajstić information content (AvgIpc) is 4.03. The molecule has 0 bridgehead atoms. The normalized spacial score (nSPS) is 11.3. The molecule has 78 heavy (non-hydrogen) atoms. The van der Waals surface area contributed by atoms with Crippen LogP contribution >= 0.6 is 0 Å². The molecule has 14 rings (SSSR count). The van der Waals surface area contributed by atoms with Crippen molar-refractivity contribution >= 4 is 49.6 Å². The van der Waals surface area contributed by atoms with Crippen molar-refractivity contribution in [2.45, 2.75) is 0 Å². The lowest BCUT2D eigenvalue weighted by Crippen LogP contribution is -2.09.